The van der Waals surface area contributed by atoms with Crippen molar-refractivity contribution in [1.82, 2.24) is 9.55 Å². The number of rotatable bonds is 21. The van der Waals surface area contributed by atoms with Gasteiger partial charge in [-0.2, -0.15) is 0 Å². The van der Waals surface area contributed by atoms with Gasteiger partial charge in [-0.3, -0.25) is 4.98 Å². The number of ether oxygens (including phenoxy) is 2. The molecule has 0 bridgehead atoms. The molecule has 0 saturated heterocycles. The van der Waals surface area contributed by atoms with Crippen LogP contribution < -0.4 is 15.2 Å². The van der Waals surface area contributed by atoms with E-state index in [0.717, 1.165) is 42.9 Å². The van der Waals surface area contributed by atoms with Crippen LogP contribution in [0.1, 0.15) is 101 Å². The predicted octanol–water partition coefficient (Wildman–Crippen LogP) is 9.85. The van der Waals surface area contributed by atoms with Crippen molar-refractivity contribution in [2.75, 3.05) is 14.2 Å². The molecule has 0 fully saturated rings. The zero-order valence-corrected chi connectivity index (χ0v) is 27.3. The van der Waals surface area contributed by atoms with E-state index in [4.69, 9.17) is 14.5 Å². The van der Waals surface area contributed by atoms with Crippen LogP contribution in [0.15, 0.2) is 85.1 Å². The quantitative estimate of drug-likeness (QED) is 0.0715. The number of nitrogens with zero attached hydrogens (tertiary/aromatic N) is 2. The van der Waals surface area contributed by atoms with Gasteiger partial charge in [0, 0.05) is 23.6 Å². The Labute approximate surface area is 267 Å². The molecule has 0 atom stereocenters. The zero-order chi connectivity index (χ0) is 30.8. The Hall–Kier alpha value is -3.47. The molecule has 4 nitrogen and oxygen atoms in total. The highest BCUT2D eigenvalue weighted by Crippen LogP contribution is 2.39. The molecule has 1 heterocycles. The van der Waals surface area contributed by atoms with E-state index >= 15 is 0 Å². The van der Waals surface area contributed by atoms with Gasteiger partial charge in [-0.25, -0.2) is 0 Å². The van der Waals surface area contributed by atoms with Gasteiger partial charge in [0.2, 0.25) is 7.28 Å². The Kier molecular flexibility index (Phi) is 14.5. The first-order valence-corrected chi connectivity index (χ1v) is 17.0. The first-order chi connectivity index (χ1) is 21.8. The highest BCUT2D eigenvalue weighted by Gasteiger charge is 2.21. The number of aromatic nitrogens is 2. The van der Waals surface area contributed by atoms with Crippen molar-refractivity contribution in [3.63, 3.8) is 0 Å². The average molecular weight is 592 g/mol. The number of hydrogen-bond acceptors (Lipinski definition) is 3. The fraction of sp³-hybridized carbons (Fsp3) is 0.462. The lowest BCUT2D eigenvalue weighted by atomic mass is 9.70. The van der Waals surface area contributed by atoms with Crippen molar-refractivity contribution in [3.05, 3.63) is 96.2 Å². The number of hydrogen-bond donors (Lipinski definition) is 0. The number of benzene rings is 3. The Balaban J connectivity index is 1.38. The van der Waals surface area contributed by atoms with Crippen LogP contribution in [0.5, 0.6) is 11.5 Å². The van der Waals surface area contributed by atoms with Gasteiger partial charge in [-0.05, 0) is 30.5 Å². The molecule has 0 spiro atoms. The number of unbranched alkanes of at least 4 members (excludes halogenated alkanes) is 9. The van der Waals surface area contributed by atoms with Gasteiger partial charge in [0.1, 0.15) is 11.5 Å². The number of methoxy groups -OCH3 is 2. The molecule has 0 aliphatic rings. The maximum Gasteiger partial charge on any atom is 0.201 e. The van der Waals surface area contributed by atoms with Crippen LogP contribution in [0.3, 0.4) is 0 Å². The number of para-hydroxylation sites is 2. The van der Waals surface area contributed by atoms with E-state index < -0.39 is 0 Å². The molecule has 0 aliphatic heterocycles. The second kappa shape index (κ2) is 19.0. The molecule has 5 heteroatoms. The highest BCUT2D eigenvalue weighted by atomic mass is 16.5. The third kappa shape index (κ3) is 9.77. The third-order valence-corrected chi connectivity index (χ3v) is 8.74. The lowest BCUT2D eigenvalue weighted by Gasteiger charge is -2.22. The van der Waals surface area contributed by atoms with Crippen LogP contribution >= 0.6 is 0 Å². The lowest BCUT2D eigenvalue weighted by molar-refractivity contribution is 0.397. The van der Waals surface area contributed by atoms with Gasteiger partial charge in [-0.1, -0.05) is 144 Å². The molecule has 1 radical (unpaired) electrons. The lowest BCUT2D eigenvalue weighted by Crippen LogP contribution is -2.27. The van der Waals surface area contributed by atoms with Crippen molar-refractivity contribution < 1.29 is 9.47 Å². The second-order valence-electron chi connectivity index (χ2n) is 11.9. The minimum atomic E-state index is 0.182. The summed E-state index contributed by atoms with van der Waals surface area (Å²) in [4.78, 5) is 4.91. The predicted molar refractivity (Wildman–Crippen MR) is 187 cm³/mol. The molecule has 44 heavy (non-hydrogen) atoms. The first kappa shape index (κ1) is 33.4. The minimum Gasteiger partial charge on any atom is -0.496 e. The van der Waals surface area contributed by atoms with Crippen molar-refractivity contribution >= 4 is 13.0 Å². The van der Waals surface area contributed by atoms with Crippen LogP contribution in [0.25, 0.3) is 11.3 Å². The Bertz CT molecular complexity index is 1310. The monoisotopic (exact) mass is 591 g/mol. The van der Waals surface area contributed by atoms with Crippen molar-refractivity contribution in [3.8, 4) is 22.8 Å². The van der Waals surface area contributed by atoms with Gasteiger partial charge in [0.25, 0.3) is 0 Å². The van der Waals surface area contributed by atoms with E-state index in [1.165, 1.54) is 86.6 Å². The Morgan fingerprint density at radius 2 is 1.20 bits per heavy atom. The van der Waals surface area contributed by atoms with E-state index in [1.54, 1.807) is 14.2 Å². The molecule has 0 N–H and O–H groups in total. The normalized spacial score (nSPS) is 11.2. The van der Waals surface area contributed by atoms with Crippen LogP contribution in [0, 0.1) is 0 Å². The van der Waals surface area contributed by atoms with Crippen molar-refractivity contribution in [2.45, 2.75) is 103 Å². The van der Waals surface area contributed by atoms with Gasteiger partial charge in [-0.15, -0.1) is 0 Å². The molecule has 0 unspecified atom stereocenters. The maximum absolute atomic E-state index is 5.78. The molecule has 4 rings (SSSR count). The van der Waals surface area contributed by atoms with E-state index in [9.17, 15) is 0 Å². The fourth-order valence-electron chi connectivity index (χ4n) is 6.32. The molecule has 233 valence electrons. The van der Waals surface area contributed by atoms with Gasteiger partial charge < -0.3 is 14.0 Å². The fourth-order valence-corrected chi connectivity index (χ4v) is 6.32. The summed E-state index contributed by atoms with van der Waals surface area (Å²) < 4.78 is 14.0. The molecule has 0 saturated carbocycles. The molecule has 4 aromatic rings. The standard InChI is InChI=1S/C39H52BN2O2/c1-4-5-6-7-8-9-10-11-12-20-30-42-36(32-22-14-13-15-23-32)31-41-39(42)40-29-21-26-33(34-24-16-18-27-37(34)43-2)35-25-17-19-28-38(35)44-3/h13-19,22-25,27-28,31,33H,4-12,20-21,26,29-30H2,1-3H3. The summed E-state index contributed by atoms with van der Waals surface area (Å²) in [6, 6.07) is 27.5. The van der Waals surface area contributed by atoms with Crippen molar-refractivity contribution in [1.29, 1.82) is 0 Å². The van der Waals surface area contributed by atoms with E-state index in [1.807, 2.05) is 12.1 Å². The Morgan fingerprint density at radius 1 is 0.659 bits per heavy atom. The molecule has 3 aromatic carbocycles. The van der Waals surface area contributed by atoms with Gasteiger partial charge >= 0.3 is 0 Å². The SMILES string of the molecule is CCCCCCCCCCCCn1c(-c2ccccc2)cnc1[B]CCCC(c1ccccc1OC)c1ccccc1OC. The van der Waals surface area contributed by atoms with Crippen LogP contribution in [-0.2, 0) is 6.54 Å². The summed E-state index contributed by atoms with van der Waals surface area (Å²) in [6.45, 7) is 3.30. The molecule has 0 amide bonds. The average Bonchev–Trinajstić information content (AvgIpc) is 3.48. The summed E-state index contributed by atoms with van der Waals surface area (Å²) in [6.07, 6.45) is 18.5. The third-order valence-electron chi connectivity index (χ3n) is 8.74. The summed E-state index contributed by atoms with van der Waals surface area (Å²) in [5, 5.41) is 0. The van der Waals surface area contributed by atoms with E-state index in [2.05, 4.69) is 91.7 Å². The van der Waals surface area contributed by atoms with Crippen LogP contribution in [0.2, 0.25) is 6.32 Å². The topological polar surface area (TPSA) is 36.3 Å². The van der Waals surface area contributed by atoms with E-state index in [-0.39, 0.29) is 5.92 Å². The second-order valence-corrected chi connectivity index (χ2v) is 11.9. The minimum absolute atomic E-state index is 0.182. The molecular formula is C39H52BN2O2. The highest BCUT2D eigenvalue weighted by molar-refractivity contribution is 6.51. The summed E-state index contributed by atoms with van der Waals surface area (Å²) in [5.41, 5.74) is 5.94. The van der Waals surface area contributed by atoms with Crippen molar-refractivity contribution in [2.24, 2.45) is 0 Å². The summed E-state index contributed by atoms with van der Waals surface area (Å²) in [7, 11) is 5.85. The number of imidazole rings is 1. The summed E-state index contributed by atoms with van der Waals surface area (Å²) in [5.74, 6) is 2.03. The Morgan fingerprint density at radius 3 is 1.80 bits per heavy atom. The van der Waals surface area contributed by atoms with Crippen LogP contribution in [-0.4, -0.2) is 31.1 Å². The van der Waals surface area contributed by atoms with Gasteiger partial charge in [0.05, 0.1) is 31.8 Å². The first-order valence-electron chi connectivity index (χ1n) is 17.0. The van der Waals surface area contributed by atoms with E-state index in [0.29, 0.717) is 0 Å². The smallest absolute Gasteiger partial charge is 0.201 e. The maximum atomic E-state index is 5.78. The molecule has 0 aliphatic carbocycles. The molecule has 1 aromatic heterocycles. The zero-order valence-electron chi connectivity index (χ0n) is 27.3. The molecular weight excluding hydrogens is 539 g/mol. The van der Waals surface area contributed by atoms with Crippen LogP contribution in [0.4, 0.5) is 0 Å². The van der Waals surface area contributed by atoms with Gasteiger partial charge in [0.15, 0.2) is 0 Å². The summed E-state index contributed by atoms with van der Waals surface area (Å²) >= 11 is 0. The largest absolute Gasteiger partial charge is 0.496 e.